The van der Waals surface area contributed by atoms with Gasteiger partial charge >= 0.3 is 5.97 Å². The van der Waals surface area contributed by atoms with Crippen LogP contribution in [-0.4, -0.2) is 22.6 Å². The van der Waals surface area contributed by atoms with Crippen LogP contribution in [0.25, 0.3) is 0 Å². The van der Waals surface area contributed by atoms with Crippen LogP contribution in [0.3, 0.4) is 0 Å². The number of hydrogen-bond acceptors (Lipinski definition) is 5. The van der Waals surface area contributed by atoms with Crippen molar-refractivity contribution in [2.45, 2.75) is 6.54 Å². The average molecular weight is 336 g/mol. The summed E-state index contributed by atoms with van der Waals surface area (Å²) in [5, 5.41) is 0. The third-order valence-corrected chi connectivity index (χ3v) is 3.55. The Morgan fingerprint density at radius 1 is 1.08 bits per heavy atom. The first kappa shape index (κ1) is 16.4. The monoisotopic (exact) mass is 336 g/mol. The fourth-order valence-corrected chi connectivity index (χ4v) is 2.29. The van der Waals surface area contributed by atoms with Crippen LogP contribution < -0.4 is 10.3 Å². The Morgan fingerprint density at radius 3 is 2.60 bits per heavy atom. The highest BCUT2D eigenvalue weighted by Gasteiger charge is 2.08. The van der Waals surface area contributed by atoms with Crippen LogP contribution in [0, 0.1) is 0 Å². The molecular formula is C19H16N2O4. The van der Waals surface area contributed by atoms with E-state index in [4.69, 9.17) is 4.74 Å². The molecule has 0 radical (unpaired) electrons. The van der Waals surface area contributed by atoms with Gasteiger partial charge in [0, 0.05) is 18.5 Å². The lowest BCUT2D eigenvalue weighted by atomic mass is 10.2. The molecule has 0 bridgehead atoms. The van der Waals surface area contributed by atoms with E-state index in [1.54, 1.807) is 35.0 Å². The van der Waals surface area contributed by atoms with E-state index >= 15 is 0 Å². The lowest BCUT2D eigenvalue weighted by Crippen LogP contribution is -2.18. The Bertz CT molecular complexity index is 932. The molecule has 6 heteroatoms. The number of ether oxygens (including phenoxy) is 2. The van der Waals surface area contributed by atoms with Crippen LogP contribution >= 0.6 is 0 Å². The van der Waals surface area contributed by atoms with Gasteiger partial charge in [0.05, 0.1) is 25.4 Å². The predicted molar refractivity (Wildman–Crippen MR) is 91.9 cm³/mol. The van der Waals surface area contributed by atoms with Crippen molar-refractivity contribution in [3.63, 3.8) is 0 Å². The van der Waals surface area contributed by atoms with Crippen molar-refractivity contribution in [1.82, 2.24) is 9.55 Å². The normalized spacial score (nSPS) is 10.3. The van der Waals surface area contributed by atoms with Crippen LogP contribution in [0.1, 0.15) is 15.9 Å². The molecule has 0 saturated heterocycles. The number of benzene rings is 1. The molecule has 1 aromatic carbocycles. The zero-order valence-electron chi connectivity index (χ0n) is 13.6. The van der Waals surface area contributed by atoms with E-state index in [1.165, 1.54) is 25.6 Å². The van der Waals surface area contributed by atoms with Crippen molar-refractivity contribution in [2.24, 2.45) is 0 Å². The largest absolute Gasteiger partial charge is 0.465 e. The number of carbonyl (C=O) groups excluding carboxylic acids is 1. The third kappa shape index (κ3) is 4.11. The fourth-order valence-electron chi connectivity index (χ4n) is 2.29. The highest BCUT2D eigenvalue weighted by molar-refractivity contribution is 5.89. The van der Waals surface area contributed by atoms with Crippen LogP contribution in [0.2, 0.25) is 0 Å². The molecular weight excluding hydrogens is 320 g/mol. The van der Waals surface area contributed by atoms with Crippen LogP contribution in [-0.2, 0) is 11.3 Å². The number of methoxy groups -OCH3 is 1. The quantitative estimate of drug-likeness (QED) is 0.670. The molecule has 25 heavy (non-hydrogen) atoms. The molecule has 2 aromatic heterocycles. The van der Waals surface area contributed by atoms with Crippen molar-refractivity contribution >= 4 is 5.97 Å². The van der Waals surface area contributed by atoms with Gasteiger partial charge in [0.2, 0.25) is 0 Å². The summed E-state index contributed by atoms with van der Waals surface area (Å²) >= 11 is 0. The van der Waals surface area contributed by atoms with E-state index in [-0.39, 0.29) is 5.56 Å². The van der Waals surface area contributed by atoms with Crippen molar-refractivity contribution in [3.8, 4) is 11.5 Å². The molecule has 0 fully saturated rings. The lowest BCUT2D eigenvalue weighted by molar-refractivity contribution is 0.0600. The molecule has 0 aliphatic rings. The minimum absolute atomic E-state index is 0.0477. The van der Waals surface area contributed by atoms with Gasteiger partial charge in [-0.05, 0) is 29.8 Å². The molecule has 0 spiro atoms. The SMILES string of the molecule is COC(=O)c1cncc(Oc2ccc(Cn3ccccc3=O)cc2)c1. The van der Waals surface area contributed by atoms with E-state index < -0.39 is 5.97 Å². The molecule has 0 amide bonds. The van der Waals surface area contributed by atoms with Crippen LogP contribution in [0.5, 0.6) is 11.5 Å². The van der Waals surface area contributed by atoms with Gasteiger partial charge in [0.25, 0.3) is 5.56 Å². The number of hydrogen-bond donors (Lipinski definition) is 0. The first-order valence-electron chi connectivity index (χ1n) is 7.61. The summed E-state index contributed by atoms with van der Waals surface area (Å²) in [4.78, 5) is 27.2. The average Bonchev–Trinajstić information content (AvgIpc) is 2.65. The Labute approximate surface area is 144 Å². The third-order valence-electron chi connectivity index (χ3n) is 3.55. The first-order chi connectivity index (χ1) is 12.2. The van der Waals surface area contributed by atoms with E-state index in [0.29, 0.717) is 23.6 Å². The van der Waals surface area contributed by atoms with E-state index in [9.17, 15) is 9.59 Å². The Hall–Kier alpha value is -3.41. The van der Waals surface area contributed by atoms with Gasteiger partial charge < -0.3 is 14.0 Å². The summed E-state index contributed by atoms with van der Waals surface area (Å²) in [6.45, 7) is 0.485. The zero-order valence-corrected chi connectivity index (χ0v) is 13.6. The van der Waals surface area contributed by atoms with Crippen molar-refractivity contribution < 1.29 is 14.3 Å². The maximum atomic E-state index is 11.7. The Kier molecular flexibility index (Phi) is 4.89. The standard InChI is InChI=1S/C19H16N2O4/c1-24-19(23)15-10-17(12-20-11-15)25-16-7-5-14(6-8-16)13-21-9-3-2-4-18(21)22/h2-12H,13H2,1H3. The molecule has 0 atom stereocenters. The van der Waals surface area contributed by atoms with Gasteiger partial charge in [-0.2, -0.15) is 0 Å². The second kappa shape index (κ2) is 7.44. The predicted octanol–water partition coefficient (Wildman–Crippen LogP) is 2.87. The summed E-state index contributed by atoms with van der Waals surface area (Å²) in [6.07, 6.45) is 4.68. The summed E-state index contributed by atoms with van der Waals surface area (Å²) < 4.78 is 12.0. The van der Waals surface area contributed by atoms with Crippen LogP contribution in [0.15, 0.2) is 71.9 Å². The van der Waals surface area contributed by atoms with Gasteiger partial charge in [-0.3, -0.25) is 9.78 Å². The fraction of sp³-hybridized carbons (Fsp3) is 0.105. The number of nitrogens with zero attached hydrogens (tertiary/aromatic N) is 2. The molecule has 6 nitrogen and oxygen atoms in total. The van der Waals surface area contributed by atoms with Gasteiger partial charge in [-0.25, -0.2) is 4.79 Å². The first-order valence-corrected chi connectivity index (χ1v) is 7.61. The summed E-state index contributed by atoms with van der Waals surface area (Å²) in [6, 6.07) is 14.0. The lowest BCUT2D eigenvalue weighted by Gasteiger charge is -2.08. The smallest absolute Gasteiger partial charge is 0.339 e. The van der Waals surface area contributed by atoms with Gasteiger partial charge in [0.1, 0.15) is 11.5 Å². The molecule has 126 valence electrons. The zero-order chi connectivity index (χ0) is 17.6. The molecule has 3 aromatic rings. The molecule has 3 rings (SSSR count). The minimum Gasteiger partial charge on any atom is -0.465 e. The van der Waals surface area contributed by atoms with Crippen molar-refractivity contribution in [3.05, 3.63) is 88.6 Å². The maximum absolute atomic E-state index is 11.7. The van der Waals surface area contributed by atoms with E-state index in [2.05, 4.69) is 9.72 Å². The van der Waals surface area contributed by atoms with Gasteiger partial charge in [-0.1, -0.05) is 18.2 Å². The van der Waals surface area contributed by atoms with E-state index in [0.717, 1.165) is 5.56 Å². The topological polar surface area (TPSA) is 70.4 Å². The number of rotatable bonds is 5. The number of carbonyl (C=O) groups is 1. The van der Waals surface area contributed by atoms with Crippen molar-refractivity contribution in [2.75, 3.05) is 7.11 Å². The Morgan fingerprint density at radius 2 is 1.88 bits per heavy atom. The minimum atomic E-state index is -0.471. The maximum Gasteiger partial charge on any atom is 0.339 e. The molecule has 0 N–H and O–H groups in total. The van der Waals surface area contributed by atoms with Crippen molar-refractivity contribution in [1.29, 1.82) is 0 Å². The van der Waals surface area contributed by atoms with E-state index in [1.807, 2.05) is 18.2 Å². The highest BCUT2D eigenvalue weighted by Crippen LogP contribution is 2.22. The Balaban J connectivity index is 1.72. The molecule has 0 saturated carbocycles. The second-order valence-electron chi connectivity index (χ2n) is 5.31. The molecule has 2 heterocycles. The number of esters is 1. The number of aromatic nitrogens is 2. The molecule has 0 aliphatic carbocycles. The van der Waals surface area contributed by atoms with Gasteiger partial charge in [-0.15, -0.1) is 0 Å². The summed E-state index contributed by atoms with van der Waals surface area (Å²) in [7, 11) is 1.31. The summed E-state index contributed by atoms with van der Waals surface area (Å²) in [5.41, 5.74) is 1.25. The number of pyridine rings is 2. The van der Waals surface area contributed by atoms with Gasteiger partial charge in [0.15, 0.2) is 0 Å². The molecule has 0 aliphatic heterocycles. The summed E-state index contributed by atoms with van der Waals surface area (Å²) in [5.74, 6) is 0.574. The second-order valence-corrected chi connectivity index (χ2v) is 5.31. The molecule has 0 unspecified atom stereocenters. The highest BCUT2D eigenvalue weighted by atomic mass is 16.5. The van der Waals surface area contributed by atoms with Crippen LogP contribution in [0.4, 0.5) is 0 Å².